The summed E-state index contributed by atoms with van der Waals surface area (Å²) in [6.45, 7) is 6.33. The topological polar surface area (TPSA) is 68.8 Å². The molecule has 5 aromatic rings. The van der Waals surface area contributed by atoms with Crippen molar-refractivity contribution in [1.82, 2.24) is 25.0 Å². The highest BCUT2D eigenvalue weighted by molar-refractivity contribution is 7.87. The molecule has 0 amide bonds. The van der Waals surface area contributed by atoms with Crippen molar-refractivity contribution in [2.24, 2.45) is 4.74 Å². The van der Waals surface area contributed by atoms with Crippen LogP contribution in [-0.2, 0) is 5.41 Å². The van der Waals surface area contributed by atoms with Crippen LogP contribution in [0.5, 0.6) is 0 Å². The molecular formula is C28H27N6P. The zero-order valence-corrected chi connectivity index (χ0v) is 20.9. The van der Waals surface area contributed by atoms with Gasteiger partial charge in [-0.2, -0.15) is 4.68 Å². The van der Waals surface area contributed by atoms with Gasteiger partial charge in [-0.3, -0.25) is 0 Å². The summed E-state index contributed by atoms with van der Waals surface area (Å²) in [4.78, 5) is 9.33. The quantitative estimate of drug-likeness (QED) is 0.327. The van der Waals surface area contributed by atoms with Gasteiger partial charge in [-0.25, -0.2) is 14.7 Å². The van der Waals surface area contributed by atoms with Crippen LogP contribution in [0, 0.1) is 0 Å². The molecule has 0 saturated heterocycles. The van der Waals surface area contributed by atoms with Crippen LogP contribution in [0.4, 0.5) is 5.82 Å². The fourth-order valence-electron chi connectivity index (χ4n) is 3.96. The summed E-state index contributed by atoms with van der Waals surface area (Å²) in [5.41, 5.74) is 0.747. The molecule has 7 heteroatoms. The summed E-state index contributed by atoms with van der Waals surface area (Å²) in [5.74, 6) is 1.09. The minimum atomic E-state index is -2.49. The van der Waals surface area contributed by atoms with Crippen LogP contribution in [0.2, 0.25) is 0 Å². The predicted molar refractivity (Wildman–Crippen MR) is 143 cm³/mol. The number of rotatable bonds is 5. The molecule has 0 atom stereocenters. The predicted octanol–water partition coefficient (Wildman–Crippen LogP) is 5.16. The molecule has 2 aromatic heterocycles. The number of hydrogen-bond acceptors (Lipinski definition) is 5. The Balaban J connectivity index is 1.84. The lowest BCUT2D eigenvalue weighted by molar-refractivity contribution is 0.566. The van der Waals surface area contributed by atoms with E-state index >= 15 is 0 Å². The fourth-order valence-corrected chi connectivity index (χ4v) is 7.44. The summed E-state index contributed by atoms with van der Waals surface area (Å²) in [6, 6.07) is 31.4. The van der Waals surface area contributed by atoms with E-state index < -0.39 is 7.05 Å². The molecule has 0 unspecified atom stereocenters. The number of hydrogen-bond donors (Lipinski definition) is 0. The number of aromatic nitrogens is 5. The van der Waals surface area contributed by atoms with Gasteiger partial charge in [0.1, 0.15) is 0 Å². The summed E-state index contributed by atoms with van der Waals surface area (Å²) >= 11 is 0. The molecule has 0 aliphatic heterocycles. The molecule has 0 bridgehead atoms. The third-order valence-corrected chi connectivity index (χ3v) is 9.40. The Bertz CT molecular complexity index is 1370. The maximum absolute atomic E-state index is 5.50. The molecular weight excluding hydrogens is 451 g/mol. The highest BCUT2D eigenvalue weighted by Gasteiger charge is 2.29. The lowest BCUT2D eigenvalue weighted by Crippen LogP contribution is -2.25. The van der Waals surface area contributed by atoms with E-state index in [-0.39, 0.29) is 5.41 Å². The third kappa shape index (κ3) is 4.45. The van der Waals surface area contributed by atoms with Crippen molar-refractivity contribution >= 4 is 28.8 Å². The molecule has 0 saturated carbocycles. The number of benzene rings is 3. The molecule has 0 spiro atoms. The van der Waals surface area contributed by atoms with Gasteiger partial charge in [0.2, 0.25) is 0 Å². The lowest BCUT2D eigenvalue weighted by atomic mass is 9.93. The largest absolute Gasteiger partial charge is 0.232 e. The van der Waals surface area contributed by atoms with E-state index in [1.165, 1.54) is 0 Å². The maximum Gasteiger partial charge on any atom is 0.200 e. The normalized spacial score (nSPS) is 11.9. The molecule has 0 aliphatic rings. The minimum Gasteiger partial charge on any atom is -0.232 e. The first-order chi connectivity index (χ1) is 17.0. The van der Waals surface area contributed by atoms with Gasteiger partial charge in [0.05, 0.1) is 18.9 Å². The van der Waals surface area contributed by atoms with Gasteiger partial charge >= 0.3 is 0 Å². The van der Waals surface area contributed by atoms with E-state index in [1.807, 2.05) is 24.4 Å². The van der Waals surface area contributed by atoms with Crippen molar-refractivity contribution in [3.05, 3.63) is 115 Å². The molecule has 3 aromatic carbocycles. The van der Waals surface area contributed by atoms with Gasteiger partial charge in [0.15, 0.2) is 11.6 Å². The van der Waals surface area contributed by atoms with E-state index in [0.717, 1.165) is 21.6 Å². The Kier molecular flexibility index (Phi) is 6.14. The Hall–Kier alpha value is -3.89. The number of nitrogens with zero attached hydrogens (tertiary/aromatic N) is 6. The highest BCUT2D eigenvalue weighted by Crippen LogP contribution is 2.49. The Morgan fingerprint density at radius 1 is 0.686 bits per heavy atom. The summed E-state index contributed by atoms with van der Waals surface area (Å²) in [7, 11) is -2.49. The van der Waals surface area contributed by atoms with E-state index in [0.29, 0.717) is 11.6 Å². The third-order valence-electron chi connectivity index (χ3n) is 5.77. The summed E-state index contributed by atoms with van der Waals surface area (Å²) in [6.07, 6.45) is 5.26. The first-order valence-corrected chi connectivity index (χ1v) is 13.3. The minimum absolute atomic E-state index is 0.132. The second kappa shape index (κ2) is 9.40. The summed E-state index contributed by atoms with van der Waals surface area (Å²) < 4.78 is 7.18. The first-order valence-electron chi connectivity index (χ1n) is 11.5. The monoisotopic (exact) mass is 478 g/mol. The van der Waals surface area contributed by atoms with Crippen molar-refractivity contribution in [3.8, 4) is 5.82 Å². The maximum atomic E-state index is 5.50. The fraction of sp³-hybridized carbons (Fsp3) is 0.143. The molecule has 35 heavy (non-hydrogen) atoms. The lowest BCUT2D eigenvalue weighted by Gasteiger charge is -2.26. The molecule has 0 N–H and O–H groups in total. The van der Waals surface area contributed by atoms with Crippen molar-refractivity contribution in [2.75, 3.05) is 0 Å². The molecule has 2 heterocycles. The van der Waals surface area contributed by atoms with Crippen LogP contribution in [0.15, 0.2) is 114 Å². The van der Waals surface area contributed by atoms with Crippen LogP contribution in [-0.4, -0.2) is 25.0 Å². The Labute approximate surface area is 205 Å². The second-order valence-electron chi connectivity index (χ2n) is 9.24. The van der Waals surface area contributed by atoms with Crippen LogP contribution >= 0.6 is 7.05 Å². The van der Waals surface area contributed by atoms with Gasteiger partial charge < -0.3 is 0 Å². The van der Waals surface area contributed by atoms with E-state index in [1.54, 1.807) is 17.1 Å². The van der Waals surface area contributed by atoms with Gasteiger partial charge in [-0.1, -0.05) is 117 Å². The molecule has 0 fully saturated rings. The van der Waals surface area contributed by atoms with Crippen LogP contribution in [0.1, 0.15) is 26.5 Å². The molecule has 6 nitrogen and oxygen atoms in total. The average Bonchev–Trinajstić information content (AvgIpc) is 3.40. The zero-order valence-electron chi connectivity index (χ0n) is 20.0. The SMILES string of the molecule is CC(C)(C)c1cn(-c2nccnc2N=P(c2ccccc2)(c2ccccc2)c2ccccc2)nn1. The van der Waals surface area contributed by atoms with Crippen molar-refractivity contribution in [3.63, 3.8) is 0 Å². The summed E-state index contributed by atoms with van der Waals surface area (Å²) in [5, 5.41) is 12.2. The molecule has 174 valence electrons. The van der Waals surface area contributed by atoms with Crippen LogP contribution in [0.3, 0.4) is 0 Å². The van der Waals surface area contributed by atoms with Gasteiger partial charge in [0.25, 0.3) is 0 Å². The molecule has 0 radical (unpaired) electrons. The first kappa shape index (κ1) is 22.9. The van der Waals surface area contributed by atoms with E-state index in [9.17, 15) is 0 Å². The van der Waals surface area contributed by atoms with Gasteiger partial charge in [0, 0.05) is 33.7 Å². The highest BCUT2D eigenvalue weighted by atomic mass is 31.2. The Morgan fingerprint density at radius 3 is 1.63 bits per heavy atom. The van der Waals surface area contributed by atoms with Crippen LogP contribution < -0.4 is 15.9 Å². The van der Waals surface area contributed by atoms with Crippen molar-refractivity contribution in [2.45, 2.75) is 26.2 Å². The Morgan fingerprint density at radius 2 is 1.17 bits per heavy atom. The van der Waals surface area contributed by atoms with Crippen molar-refractivity contribution in [1.29, 1.82) is 0 Å². The van der Waals surface area contributed by atoms with E-state index in [2.05, 4.69) is 109 Å². The van der Waals surface area contributed by atoms with E-state index in [4.69, 9.17) is 9.73 Å². The smallest absolute Gasteiger partial charge is 0.200 e. The van der Waals surface area contributed by atoms with Gasteiger partial charge in [-0.15, -0.1) is 5.10 Å². The zero-order chi connectivity index (χ0) is 24.3. The van der Waals surface area contributed by atoms with Crippen molar-refractivity contribution < 1.29 is 0 Å². The standard InChI is InChI=1S/C28H27N6P/c1-28(2,3)25-21-34(33-31-25)27-26(29-19-20-30-27)32-35(22-13-7-4-8-14-22,23-15-9-5-10-16-23)24-17-11-6-12-18-24/h4-21H,1-3H3. The average molecular weight is 479 g/mol. The van der Waals surface area contributed by atoms with Crippen LogP contribution in [0.25, 0.3) is 5.82 Å². The molecule has 0 aliphatic carbocycles. The second-order valence-corrected chi connectivity index (χ2v) is 12.3. The molecule has 5 rings (SSSR count). The van der Waals surface area contributed by atoms with Gasteiger partial charge in [-0.05, 0) is 0 Å².